The summed E-state index contributed by atoms with van der Waals surface area (Å²) in [5.74, 6) is 0.105. The molecule has 1 atom stereocenters. The van der Waals surface area contributed by atoms with E-state index in [2.05, 4.69) is 15.4 Å². The Morgan fingerprint density at radius 2 is 2.25 bits per heavy atom. The second-order valence-corrected chi connectivity index (χ2v) is 4.84. The van der Waals surface area contributed by atoms with Crippen LogP contribution in [0.3, 0.4) is 0 Å². The number of para-hydroxylation sites is 2. The van der Waals surface area contributed by atoms with E-state index in [1.807, 2.05) is 0 Å². The van der Waals surface area contributed by atoms with Gasteiger partial charge in [0.05, 0.1) is 5.69 Å². The van der Waals surface area contributed by atoms with Crippen molar-refractivity contribution < 1.29 is 18.3 Å². The molecule has 0 saturated carbocycles. The molecule has 20 heavy (non-hydrogen) atoms. The van der Waals surface area contributed by atoms with Crippen LogP contribution in [0.25, 0.3) is 0 Å². The van der Waals surface area contributed by atoms with E-state index in [1.54, 1.807) is 18.2 Å². The van der Waals surface area contributed by atoms with Crippen LogP contribution >= 0.6 is 0 Å². The molecular formula is C14H18F2N2O2. The molecule has 110 valence electrons. The molecule has 4 nitrogen and oxygen atoms in total. The Hall–Kier alpha value is -1.69. The molecule has 1 unspecified atom stereocenters. The first-order valence-electron chi connectivity index (χ1n) is 6.69. The van der Waals surface area contributed by atoms with Crippen molar-refractivity contribution in [3.05, 3.63) is 24.3 Å². The molecule has 1 aromatic rings. The highest BCUT2D eigenvalue weighted by atomic mass is 19.3. The van der Waals surface area contributed by atoms with Crippen LogP contribution in [0.1, 0.15) is 19.3 Å². The van der Waals surface area contributed by atoms with E-state index in [1.165, 1.54) is 6.07 Å². The van der Waals surface area contributed by atoms with E-state index in [9.17, 15) is 13.6 Å². The third kappa shape index (κ3) is 4.45. The number of carbonyl (C=O) groups excluding carboxylic acids is 1. The zero-order chi connectivity index (χ0) is 14.4. The molecule has 0 bridgehead atoms. The normalized spacial score (nSPS) is 18.9. The van der Waals surface area contributed by atoms with Crippen LogP contribution in [0.15, 0.2) is 24.3 Å². The fraction of sp³-hybridized carbons (Fsp3) is 0.500. The van der Waals surface area contributed by atoms with Gasteiger partial charge in [0, 0.05) is 6.42 Å². The number of halogens is 2. The summed E-state index contributed by atoms with van der Waals surface area (Å²) in [6.45, 7) is -1.10. The Labute approximate surface area is 116 Å². The monoisotopic (exact) mass is 284 g/mol. The average Bonchev–Trinajstić information content (AvgIpc) is 2.41. The summed E-state index contributed by atoms with van der Waals surface area (Å²) in [6.07, 6.45) is 2.45. The van der Waals surface area contributed by atoms with Gasteiger partial charge in [0.15, 0.2) is 0 Å². The highest BCUT2D eigenvalue weighted by Crippen LogP contribution is 2.26. The average molecular weight is 284 g/mol. The summed E-state index contributed by atoms with van der Waals surface area (Å²) >= 11 is 0. The smallest absolute Gasteiger partial charge is 0.387 e. The lowest BCUT2D eigenvalue weighted by atomic mass is 9.96. The number of rotatable bonds is 5. The van der Waals surface area contributed by atoms with E-state index in [0.29, 0.717) is 12.3 Å². The molecule has 0 spiro atoms. The first-order chi connectivity index (χ1) is 9.65. The first-order valence-corrected chi connectivity index (χ1v) is 6.69. The Morgan fingerprint density at radius 3 is 2.95 bits per heavy atom. The second kappa shape index (κ2) is 7.19. The number of hydrogen-bond acceptors (Lipinski definition) is 3. The van der Waals surface area contributed by atoms with Crippen LogP contribution in [-0.2, 0) is 4.79 Å². The third-order valence-corrected chi connectivity index (χ3v) is 3.25. The van der Waals surface area contributed by atoms with Gasteiger partial charge in [-0.05, 0) is 44.0 Å². The van der Waals surface area contributed by atoms with E-state index in [-0.39, 0.29) is 17.3 Å². The van der Waals surface area contributed by atoms with Gasteiger partial charge in [-0.15, -0.1) is 0 Å². The molecule has 1 aromatic carbocycles. The van der Waals surface area contributed by atoms with Gasteiger partial charge in [-0.1, -0.05) is 12.1 Å². The second-order valence-electron chi connectivity index (χ2n) is 4.84. The lowest BCUT2D eigenvalue weighted by Crippen LogP contribution is -2.32. The Kier molecular flexibility index (Phi) is 5.29. The van der Waals surface area contributed by atoms with Crippen LogP contribution in [0.4, 0.5) is 14.5 Å². The Bertz CT molecular complexity index is 449. The lowest BCUT2D eigenvalue weighted by Gasteiger charge is -2.22. The molecule has 1 amide bonds. The summed E-state index contributed by atoms with van der Waals surface area (Å²) in [5.41, 5.74) is 0.279. The van der Waals surface area contributed by atoms with Gasteiger partial charge in [0.25, 0.3) is 0 Å². The zero-order valence-corrected chi connectivity index (χ0v) is 11.1. The summed E-state index contributed by atoms with van der Waals surface area (Å²) in [4.78, 5) is 11.9. The molecule has 2 N–H and O–H groups in total. The number of alkyl halides is 2. The predicted octanol–water partition coefficient (Wildman–Crippen LogP) is 2.62. The largest absolute Gasteiger partial charge is 0.433 e. The summed E-state index contributed by atoms with van der Waals surface area (Å²) < 4.78 is 28.9. The van der Waals surface area contributed by atoms with Crippen LogP contribution in [0.5, 0.6) is 5.75 Å². The molecule has 0 aliphatic carbocycles. The standard InChI is InChI=1S/C14H18F2N2O2/c15-14(16)20-12-6-2-1-5-11(12)18-13(19)8-10-4-3-7-17-9-10/h1-2,5-6,10,14,17H,3-4,7-9H2,(H,18,19). The van der Waals surface area contributed by atoms with Gasteiger partial charge in [0.1, 0.15) is 5.75 Å². The van der Waals surface area contributed by atoms with Gasteiger partial charge in [-0.3, -0.25) is 4.79 Å². The molecule has 1 aliphatic heterocycles. The minimum Gasteiger partial charge on any atom is -0.433 e. The van der Waals surface area contributed by atoms with Crippen molar-refractivity contribution in [1.82, 2.24) is 5.32 Å². The molecular weight excluding hydrogens is 266 g/mol. The molecule has 1 saturated heterocycles. The SMILES string of the molecule is O=C(CC1CCCNC1)Nc1ccccc1OC(F)F. The van der Waals surface area contributed by atoms with Crippen LogP contribution in [0.2, 0.25) is 0 Å². The maximum Gasteiger partial charge on any atom is 0.387 e. The summed E-state index contributed by atoms with van der Waals surface area (Å²) in [5, 5.41) is 5.88. The van der Waals surface area contributed by atoms with E-state index < -0.39 is 6.61 Å². The fourth-order valence-corrected chi connectivity index (χ4v) is 2.33. The number of amides is 1. The highest BCUT2D eigenvalue weighted by molar-refractivity contribution is 5.92. The summed E-state index contributed by atoms with van der Waals surface area (Å²) in [6, 6.07) is 6.20. The Morgan fingerprint density at radius 1 is 1.45 bits per heavy atom. The molecule has 0 aromatic heterocycles. The minimum absolute atomic E-state index is 0.0161. The summed E-state index contributed by atoms with van der Waals surface area (Å²) in [7, 11) is 0. The molecule has 0 radical (unpaired) electrons. The number of ether oxygens (including phenoxy) is 1. The number of nitrogens with one attached hydrogen (secondary N) is 2. The van der Waals surface area contributed by atoms with Crippen molar-refractivity contribution in [2.24, 2.45) is 5.92 Å². The number of carbonyl (C=O) groups is 1. The molecule has 6 heteroatoms. The van der Waals surface area contributed by atoms with E-state index in [0.717, 1.165) is 25.9 Å². The predicted molar refractivity (Wildman–Crippen MR) is 71.9 cm³/mol. The number of anilines is 1. The van der Waals surface area contributed by atoms with Crippen LogP contribution in [0, 0.1) is 5.92 Å². The maximum atomic E-state index is 12.3. The number of benzene rings is 1. The van der Waals surface area contributed by atoms with Crippen molar-refractivity contribution in [2.75, 3.05) is 18.4 Å². The fourth-order valence-electron chi connectivity index (χ4n) is 2.33. The molecule has 1 heterocycles. The first kappa shape index (κ1) is 14.7. The van der Waals surface area contributed by atoms with Gasteiger partial charge >= 0.3 is 6.61 Å². The van der Waals surface area contributed by atoms with E-state index in [4.69, 9.17) is 0 Å². The number of piperidine rings is 1. The van der Waals surface area contributed by atoms with Gasteiger partial charge < -0.3 is 15.4 Å². The minimum atomic E-state index is -2.91. The highest BCUT2D eigenvalue weighted by Gasteiger charge is 2.18. The quantitative estimate of drug-likeness (QED) is 0.874. The zero-order valence-electron chi connectivity index (χ0n) is 11.1. The van der Waals surface area contributed by atoms with Gasteiger partial charge in [-0.2, -0.15) is 8.78 Å². The molecule has 1 fully saturated rings. The number of hydrogen-bond donors (Lipinski definition) is 2. The van der Waals surface area contributed by atoms with Gasteiger partial charge in [0.2, 0.25) is 5.91 Å². The van der Waals surface area contributed by atoms with Crippen molar-refractivity contribution in [3.63, 3.8) is 0 Å². The van der Waals surface area contributed by atoms with Gasteiger partial charge in [-0.25, -0.2) is 0 Å². The third-order valence-electron chi connectivity index (χ3n) is 3.25. The van der Waals surface area contributed by atoms with Crippen LogP contribution < -0.4 is 15.4 Å². The molecule has 1 aliphatic rings. The van der Waals surface area contributed by atoms with E-state index >= 15 is 0 Å². The molecule has 2 rings (SSSR count). The van der Waals surface area contributed by atoms with Crippen molar-refractivity contribution >= 4 is 11.6 Å². The van der Waals surface area contributed by atoms with Crippen molar-refractivity contribution in [3.8, 4) is 5.75 Å². The van der Waals surface area contributed by atoms with Crippen LogP contribution in [-0.4, -0.2) is 25.6 Å². The maximum absolute atomic E-state index is 12.3. The van der Waals surface area contributed by atoms with Crippen molar-refractivity contribution in [2.45, 2.75) is 25.9 Å². The Balaban J connectivity index is 1.93. The topological polar surface area (TPSA) is 50.4 Å². The van der Waals surface area contributed by atoms with Crippen molar-refractivity contribution in [1.29, 1.82) is 0 Å². The lowest BCUT2D eigenvalue weighted by molar-refractivity contribution is -0.117.